The minimum Gasteiger partial charge on any atom is -0.393 e. The molecule has 0 heterocycles. The fourth-order valence-electron chi connectivity index (χ4n) is 4.26. The first-order chi connectivity index (χ1) is 12.3. The van der Waals surface area contributed by atoms with E-state index in [9.17, 15) is 14.3 Å². The van der Waals surface area contributed by atoms with Crippen LogP contribution in [-0.2, 0) is 4.79 Å². The minimum atomic E-state index is -0.539. The monoisotopic (exact) mass is 360 g/mol. The number of carbonyl (C=O) groups is 1. The highest BCUT2D eigenvalue weighted by Crippen LogP contribution is 2.50. The number of nitrogens with zero attached hydrogens (tertiary/aromatic N) is 2. The van der Waals surface area contributed by atoms with Crippen molar-refractivity contribution in [1.29, 1.82) is 5.26 Å². The van der Waals surface area contributed by atoms with Crippen LogP contribution in [0.2, 0.25) is 0 Å². The number of halogens is 1. The van der Waals surface area contributed by atoms with E-state index >= 15 is 0 Å². The number of benzene rings is 1. The molecule has 1 fully saturated rings. The predicted octanol–water partition coefficient (Wildman–Crippen LogP) is 4.18. The van der Waals surface area contributed by atoms with Gasteiger partial charge in [-0.2, -0.15) is 5.26 Å². The summed E-state index contributed by atoms with van der Waals surface area (Å²) in [6.45, 7) is 8.51. The summed E-state index contributed by atoms with van der Waals surface area (Å²) in [5.41, 5.74) is 0.374. The van der Waals surface area contributed by atoms with Crippen LogP contribution >= 0.6 is 0 Å². The Bertz CT molecular complexity index is 692. The van der Waals surface area contributed by atoms with Crippen molar-refractivity contribution < 1.29 is 14.3 Å². The molecule has 4 nitrogen and oxygen atoms in total. The zero-order valence-corrected chi connectivity index (χ0v) is 16.1. The maximum atomic E-state index is 13.9. The molecule has 142 valence electrons. The van der Waals surface area contributed by atoms with E-state index in [2.05, 4.69) is 13.8 Å². The number of aliphatic hydroxyl groups excluding tert-OH is 1. The summed E-state index contributed by atoms with van der Waals surface area (Å²) in [6, 6.07) is 5.98. The highest BCUT2D eigenvalue weighted by Gasteiger charge is 2.54. The van der Waals surface area contributed by atoms with Gasteiger partial charge in [0.2, 0.25) is 5.91 Å². The van der Waals surface area contributed by atoms with E-state index in [1.807, 2.05) is 19.9 Å². The quantitative estimate of drug-likeness (QED) is 0.793. The first-order valence-electron chi connectivity index (χ1n) is 9.52. The van der Waals surface area contributed by atoms with Gasteiger partial charge in [-0.3, -0.25) is 4.79 Å². The van der Waals surface area contributed by atoms with Crippen LogP contribution in [0.5, 0.6) is 0 Å². The van der Waals surface area contributed by atoms with Gasteiger partial charge in [0.05, 0.1) is 29.2 Å². The van der Waals surface area contributed by atoms with Crippen molar-refractivity contribution in [3.05, 3.63) is 35.1 Å². The largest absolute Gasteiger partial charge is 0.393 e. The molecule has 5 heteroatoms. The molecular weight excluding hydrogens is 331 g/mol. The van der Waals surface area contributed by atoms with Crippen LogP contribution in [0.25, 0.3) is 0 Å². The van der Waals surface area contributed by atoms with Gasteiger partial charge in [-0.05, 0) is 55.9 Å². The van der Waals surface area contributed by atoms with Crippen molar-refractivity contribution >= 4 is 5.91 Å². The van der Waals surface area contributed by atoms with Crippen molar-refractivity contribution in [2.24, 2.45) is 11.3 Å². The van der Waals surface area contributed by atoms with Crippen LogP contribution in [0.4, 0.5) is 4.39 Å². The van der Waals surface area contributed by atoms with Crippen LogP contribution in [0.15, 0.2) is 18.2 Å². The van der Waals surface area contributed by atoms with Crippen molar-refractivity contribution in [3.63, 3.8) is 0 Å². The average Bonchev–Trinajstić information content (AvgIpc) is 2.61. The highest BCUT2D eigenvalue weighted by atomic mass is 19.1. The third kappa shape index (κ3) is 3.61. The molecular formula is C21H29FN2O2. The van der Waals surface area contributed by atoms with Gasteiger partial charge < -0.3 is 10.0 Å². The molecule has 2 atom stereocenters. The smallest absolute Gasteiger partial charge is 0.229 e. The number of hydrogen-bond donors (Lipinski definition) is 1. The summed E-state index contributed by atoms with van der Waals surface area (Å²) in [4.78, 5) is 15.3. The number of amides is 1. The molecule has 0 bridgehead atoms. The Labute approximate surface area is 155 Å². The van der Waals surface area contributed by atoms with Crippen LogP contribution in [0, 0.1) is 28.5 Å². The molecule has 2 unspecified atom stereocenters. The van der Waals surface area contributed by atoms with E-state index in [-0.39, 0.29) is 23.4 Å². The van der Waals surface area contributed by atoms with E-state index in [4.69, 9.17) is 5.26 Å². The molecule has 1 aliphatic rings. The lowest BCUT2D eigenvalue weighted by molar-refractivity contribution is -0.165. The molecule has 0 aliphatic heterocycles. The van der Waals surface area contributed by atoms with Crippen molar-refractivity contribution in [3.8, 4) is 6.07 Å². The van der Waals surface area contributed by atoms with Gasteiger partial charge in [0.1, 0.15) is 5.82 Å². The molecule has 0 radical (unpaired) electrons. The first-order valence-corrected chi connectivity index (χ1v) is 9.52. The van der Waals surface area contributed by atoms with Crippen LogP contribution in [0.1, 0.15) is 70.5 Å². The lowest BCUT2D eigenvalue weighted by Gasteiger charge is -2.51. The van der Waals surface area contributed by atoms with Gasteiger partial charge in [-0.1, -0.05) is 27.2 Å². The number of carbonyl (C=O) groups excluding carboxylic acids is 1. The first kappa shape index (κ1) is 20.4. The molecule has 0 aromatic heterocycles. The SMILES string of the molecule is CCC(c1cc(F)cc(C#N)c1)N(CC)C(=O)C1(C(C)CC)CC(O)C1. The second kappa shape index (κ2) is 8.18. The van der Waals surface area contributed by atoms with Gasteiger partial charge in [0.25, 0.3) is 0 Å². The Balaban J connectivity index is 2.40. The zero-order chi connectivity index (χ0) is 19.5. The van der Waals surface area contributed by atoms with Gasteiger partial charge in [-0.25, -0.2) is 4.39 Å². The molecule has 1 aromatic rings. The summed E-state index contributed by atoms with van der Waals surface area (Å²) in [6.07, 6.45) is 2.05. The van der Waals surface area contributed by atoms with Crippen molar-refractivity contribution in [1.82, 2.24) is 4.90 Å². The van der Waals surface area contributed by atoms with E-state index in [0.717, 1.165) is 6.42 Å². The molecule has 2 rings (SSSR count). The summed E-state index contributed by atoms with van der Waals surface area (Å²) < 4.78 is 13.9. The number of hydrogen-bond acceptors (Lipinski definition) is 3. The molecule has 26 heavy (non-hydrogen) atoms. The maximum Gasteiger partial charge on any atom is 0.229 e. The summed E-state index contributed by atoms with van der Waals surface area (Å²) in [5, 5.41) is 19.0. The normalized spacial score (nSPS) is 24.3. The van der Waals surface area contributed by atoms with Gasteiger partial charge in [0, 0.05) is 6.54 Å². The molecule has 1 saturated carbocycles. The van der Waals surface area contributed by atoms with Crippen LogP contribution in [-0.4, -0.2) is 28.6 Å². The Morgan fingerprint density at radius 1 is 1.35 bits per heavy atom. The Morgan fingerprint density at radius 2 is 2.00 bits per heavy atom. The van der Waals surface area contributed by atoms with E-state index in [1.54, 1.807) is 11.0 Å². The number of aliphatic hydroxyl groups is 1. The summed E-state index contributed by atoms with van der Waals surface area (Å²) >= 11 is 0. The second-order valence-electron chi connectivity index (χ2n) is 7.43. The fourth-order valence-corrected chi connectivity index (χ4v) is 4.26. The van der Waals surface area contributed by atoms with Gasteiger partial charge >= 0.3 is 0 Å². The van der Waals surface area contributed by atoms with Gasteiger partial charge in [0.15, 0.2) is 0 Å². The molecule has 1 aromatic carbocycles. The lowest BCUT2D eigenvalue weighted by Crippen LogP contribution is -2.57. The van der Waals surface area contributed by atoms with E-state index < -0.39 is 17.3 Å². The molecule has 0 saturated heterocycles. The Hall–Kier alpha value is -1.93. The summed E-state index contributed by atoms with van der Waals surface area (Å²) in [5.74, 6) is -0.252. The topological polar surface area (TPSA) is 64.3 Å². The molecule has 1 N–H and O–H groups in total. The molecule has 1 aliphatic carbocycles. The van der Waals surface area contributed by atoms with E-state index in [0.29, 0.717) is 31.4 Å². The predicted molar refractivity (Wildman–Crippen MR) is 98.7 cm³/mol. The van der Waals surface area contributed by atoms with Gasteiger partial charge in [-0.15, -0.1) is 0 Å². The average molecular weight is 360 g/mol. The standard InChI is InChI=1S/C21H29FN2O2/c1-5-14(4)21(11-18(25)12-21)20(26)24(7-3)19(6-2)16-8-15(13-23)9-17(22)10-16/h8-10,14,18-19,25H,5-7,11-12H2,1-4H3. The number of rotatable bonds is 7. The highest BCUT2D eigenvalue weighted by molar-refractivity contribution is 5.84. The summed E-state index contributed by atoms with van der Waals surface area (Å²) in [7, 11) is 0. The Morgan fingerprint density at radius 3 is 2.46 bits per heavy atom. The molecule has 1 amide bonds. The third-order valence-corrected chi connectivity index (χ3v) is 5.98. The van der Waals surface area contributed by atoms with Crippen molar-refractivity contribution in [2.45, 2.75) is 65.5 Å². The minimum absolute atomic E-state index is 0.0364. The second-order valence-corrected chi connectivity index (χ2v) is 7.43. The zero-order valence-electron chi connectivity index (χ0n) is 16.1. The van der Waals surface area contributed by atoms with E-state index in [1.165, 1.54) is 12.1 Å². The molecule has 0 spiro atoms. The van der Waals surface area contributed by atoms with Crippen LogP contribution < -0.4 is 0 Å². The third-order valence-electron chi connectivity index (χ3n) is 5.98. The number of nitriles is 1. The van der Waals surface area contributed by atoms with Crippen molar-refractivity contribution in [2.75, 3.05) is 6.54 Å². The Kier molecular flexibility index (Phi) is 6.41. The van der Waals surface area contributed by atoms with Crippen LogP contribution in [0.3, 0.4) is 0 Å². The maximum absolute atomic E-state index is 13.9. The fraction of sp³-hybridized carbons (Fsp3) is 0.619. The lowest BCUT2D eigenvalue weighted by atomic mass is 9.58.